The van der Waals surface area contributed by atoms with Crippen molar-refractivity contribution in [1.29, 1.82) is 0 Å². The molecule has 0 spiro atoms. The topological polar surface area (TPSA) is 87.5 Å². The van der Waals surface area contributed by atoms with Crippen molar-refractivity contribution >= 4 is 28.5 Å². The number of fused-ring (bicyclic) bond motifs is 1. The van der Waals surface area contributed by atoms with Crippen LogP contribution in [0.25, 0.3) is 22.3 Å². The molecule has 3 unspecified atom stereocenters. The van der Waals surface area contributed by atoms with E-state index in [1.54, 1.807) is 7.11 Å². The van der Waals surface area contributed by atoms with Gasteiger partial charge in [0, 0.05) is 23.2 Å². The standard InChI is InChI=1S/C20H23N3OS.C7H14O2/c1-13-6-5-7-15(10-13)19-22-17-11-14(2)18(24-3)12-16(17)20(23-19)21-8-9-25-4;1-5-2-3-6(8)7(9)4-5/h5-7,10-12H,8-9H2,1-4H3,(H,21,22,23);5-9H,2-4H2,1H3. The Morgan fingerprint density at radius 1 is 1.09 bits per heavy atom. The minimum absolute atomic E-state index is 0.457. The monoisotopic (exact) mass is 483 g/mol. The zero-order valence-corrected chi connectivity index (χ0v) is 21.7. The third-order valence-electron chi connectivity index (χ3n) is 6.13. The molecule has 1 fully saturated rings. The Labute approximate surface area is 207 Å². The van der Waals surface area contributed by atoms with Crippen LogP contribution in [0.2, 0.25) is 0 Å². The number of anilines is 1. The van der Waals surface area contributed by atoms with E-state index in [0.717, 1.165) is 71.0 Å². The van der Waals surface area contributed by atoms with Crippen LogP contribution in [-0.2, 0) is 0 Å². The predicted octanol–water partition coefficient (Wildman–Crippen LogP) is 5.23. The SMILES string of the molecule is CC1CCC(O)C(O)C1.COc1cc2c(NCCSC)nc(-c3cccc(C)c3)nc2cc1C. The molecule has 0 aliphatic heterocycles. The summed E-state index contributed by atoms with van der Waals surface area (Å²) in [6.45, 7) is 7.08. The lowest BCUT2D eigenvalue weighted by Gasteiger charge is -2.27. The Bertz CT molecular complexity index is 1090. The molecular weight excluding hydrogens is 446 g/mol. The normalized spacial score (nSPS) is 19.9. The highest BCUT2D eigenvalue weighted by molar-refractivity contribution is 7.98. The molecule has 3 aromatic rings. The van der Waals surface area contributed by atoms with Gasteiger partial charge in [0.25, 0.3) is 0 Å². The molecule has 1 saturated carbocycles. The number of aromatic nitrogens is 2. The number of ether oxygens (including phenoxy) is 1. The molecule has 34 heavy (non-hydrogen) atoms. The van der Waals surface area contributed by atoms with Gasteiger partial charge < -0.3 is 20.3 Å². The second-order valence-electron chi connectivity index (χ2n) is 9.08. The molecule has 2 aromatic carbocycles. The van der Waals surface area contributed by atoms with Gasteiger partial charge >= 0.3 is 0 Å². The van der Waals surface area contributed by atoms with Crippen LogP contribution >= 0.6 is 11.8 Å². The van der Waals surface area contributed by atoms with Crippen LogP contribution in [0, 0.1) is 19.8 Å². The average Bonchev–Trinajstić information content (AvgIpc) is 2.81. The van der Waals surface area contributed by atoms with E-state index in [-0.39, 0.29) is 0 Å². The molecule has 0 saturated heterocycles. The molecule has 0 bridgehead atoms. The molecule has 1 aliphatic rings. The number of hydrogen-bond donors (Lipinski definition) is 3. The number of benzene rings is 2. The van der Waals surface area contributed by atoms with Gasteiger partial charge in [-0.05, 0) is 69.0 Å². The van der Waals surface area contributed by atoms with Crippen molar-refractivity contribution in [2.75, 3.05) is 31.0 Å². The molecule has 1 aliphatic carbocycles. The van der Waals surface area contributed by atoms with Crippen LogP contribution in [0.5, 0.6) is 5.75 Å². The lowest BCUT2D eigenvalue weighted by atomic mass is 9.87. The maximum atomic E-state index is 9.10. The summed E-state index contributed by atoms with van der Waals surface area (Å²) >= 11 is 1.81. The van der Waals surface area contributed by atoms with Crippen LogP contribution in [-0.4, -0.2) is 58.1 Å². The highest BCUT2D eigenvalue weighted by Crippen LogP contribution is 2.31. The van der Waals surface area contributed by atoms with Crippen LogP contribution in [0.15, 0.2) is 36.4 Å². The molecular formula is C27H37N3O3S. The summed E-state index contributed by atoms with van der Waals surface area (Å²) in [5.74, 6) is 4.06. The number of aliphatic hydroxyl groups excluding tert-OH is 2. The zero-order valence-electron chi connectivity index (χ0n) is 20.8. The first-order chi connectivity index (χ1) is 16.3. The Morgan fingerprint density at radius 3 is 2.53 bits per heavy atom. The summed E-state index contributed by atoms with van der Waals surface area (Å²) < 4.78 is 5.48. The summed E-state index contributed by atoms with van der Waals surface area (Å²) in [5, 5.41) is 22.6. The summed E-state index contributed by atoms with van der Waals surface area (Å²) in [5.41, 5.74) is 4.22. The van der Waals surface area contributed by atoms with Crippen molar-refractivity contribution in [3.05, 3.63) is 47.5 Å². The largest absolute Gasteiger partial charge is 0.496 e. The molecule has 4 rings (SSSR count). The van der Waals surface area contributed by atoms with E-state index in [1.807, 2.05) is 30.8 Å². The Morgan fingerprint density at radius 2 is 1.88 bits per heavy atom. The van der Waals surface area contributed by atoms with Crippen LogP contribution in [0.1, 0.15) is 37.3 Å². The fourth-order valence-electron chi connectivity index (χ4n) is 4.13. The van der Waals surface area contributed by atoms with Gasteiger partial charge in [0.05, 0.1) is 24.8 Å². The quantitative estimate of drug-likeness (QED) is 0.414. The first kappa shape index (κ1) is 26.3. The minimum atomic E-state index is -0.464. The molecule has 0 radical (unpaired) electrons. The number of methoxy groups -OCH3 is 1. The number of aryl methyl sites for hydroxylation is 2. The van der Waals surface area contributed by atoms with Crippen molar-refractivity contribution in [2.24, 2.45) is 5.92 Å². The lowest BCUT2D eigenvalue weighted by Crippen LogP contribution is -2.32. The molecule has 3 atom stereocenters. The van der Waals surface area contributed by atoms with Crippen molar-refractivity contribution < 1.29 is 14.9 Å². The number of thioether (sulfide) groups is 1. The van der Waals surface area contributed by atoms with Crippen molar-refractivity contribution in [3.63, 3.8) is 0 Å². The third-order valence-corrected chi connectivity index (χ3v) is 6.74. The molecule has 0 amide bonds. The van der Waals surface area contributed by atoms with Gasteiger partial charge in [0.2, 0.25) is 0 Å². The smallest absolute Gasteiger partial charge is 0.162 e. The van der Waals surface area contributed by atoms with E-state index in [1.165, 1.54) is 5.56 Å². The first-order valence-corrected chi connectivity index (χ1v) is 13.2. The van der Waals surface area contributed by atoms with Gasteiger partial charge in [0.15, 0.2) is 5.82 Å². The fourth-order valence-corrected chi connectivity index (χ4v) is 4.44. The Balaban J connectivity index is 0.000000302. The van der Waals surface area contributed by atoms with Crippen LogP contribution in [0.4, 0.5) is 5.82 Å². The molecule has 1 heterocycles. The third kappa shape index (κ3) is 6.84. The van der Waals surface area contributed by atoms with Gasteiger partial charge in [-0.25, -0.2) is 9.97 Å². The van der Waals surface area contributed by atoms with E-state index in [2.05, 4.69) is 49.7 Å². The molecule has 7 heteroatoms. The summed E-state index contributed by atoms with van der Waals surface area (Å²) in [6.07, 6.45) is 3.77. The predicted molar refractivity (Wildman–Crippen MR) is 143 cm³/mol. The van der Waals surface area contributed by atoms with E-state index in [4.69, 9.17) is 24.9 Å². The van der Waals surface area contributed by atoms with Crippen molar-refractivity contribution in [1.82, 2.24) is 9.97 Å². The van der Waals surface area contributed by atoms with E-state index < -0.39 is 12.2 Å². The summed E-state index contributed by atoms with van der Waals surface area (Å²) in [4.78, 5) is 9.60. The molecule has 184 valence electrons. The van der Waals surface area contributed by atoms with Crippen LogP contribution < -0.4 is 10.1 Å². The number of rotatable bonds is 6. The Hall–Kier alpha value is -2.35. The zero-order chi connectivity index (χ0) is 24.7. The van der Waals surface area contributed by atoms with Gasteiger partial charge in [-0.3, -0.25) is 0 Å². The van der Waals surface area contributed by atoms with E-state index in [0.29, 0.717) is 5.92 Å². The average molecular weight is 484 g/mol. The summed E-state index contributed by atoms with van der Waals surface area (Å²) in [6, 6.07) is 12.4. The molecule has 3 N–H and O–H groups in total. The highest BCUT2D eigenvalue weighted by Gasteiger charge is 2.24. The summed E-state index contributed by atoms with van der Waals surface area (Å²) in [7, 11) is 1.69. The number of aliphatic hydroxyl groups is 2. The van der Waals surface area contributed by atoms with Gasteiger partial charge in [-0.1, -0.05) is 30.7 Å². The molecule has 1 aromatic heterocycles. The van der Waals surface area contributed by atoms with E-state index >= 15 is 0 Å². The van der Waals surface area contributed by atoms with Crippen molar-refractivity contribution in [3.8, 4) is 17.1 Å². The fraction of sp³-hybridized carbons (Fsp3) is 0.481. The Kier molecular flexibility index (Phi) is 9.56. The second-order valence-corrected chi connectivity index (χ2v) is 10.1. The van der Waals surface area contributed by atoms with Gasteiger partial charge in [0.1, 0.15) is 11.6 Å². The van der Waals surface area contributed by atoms with E-state index in [9.17, 15) is 0 Å². The minimum Gasteiger partial charge on any atom is -0.496 e. The van der Waals surface area contributed by atoms with Gasteiger partial charge in [-0.15, -0.1) is 0 Å². The maximum Gasteiger partial charge on any atom is 0.162 e. The number of nitrogens with zero attached hydrogens (tertiary/aromatic N) is 2. The highest BCUT2D eigenvalue weighted by atomic mass is 32.2. The maximum absolute atomic E-state index is 9.10. The second kappa shape index (κ2) is 12.4. The number of nitrogens with one attached hydrogen (secondary N) is 1. The number of hydrogen-bond acceptors (Lipinski definition) is 7. The lowest BCUT2D eigenvalue weighted by molar-refractivity contribution is -0.0226. The van der Waals surface area contributed by atoms with Gasteiger partial charge in [-0.2, -0.15) is 11.8 Å². The first-order valence-electron chi connectivity index (χ1n) is 11.8. The molecule has 6 nitrogen and oxygen atoms in total. The van der Waals surface area contributed by atoms with Crippen LogP contribution in [0.3, 0.4) is 0 Å². The van der Waals surface area contributed by atoms with Crippen molar-refractivity contribution in [2.45, 2.75) is 52.2 Å².